The quantitative estimate of drug-likeness (QED) is 0.747. The summed E-state index contributed by atoms with van der Waals surface area (Å²) in [5.74, 6) is 0.543. The number of para-hydroxylation sites is 1. The maximum Gasteiger partial charge on any atom is 0.254 e. The molecule has 1 aliphatic heterocycles. The van der Waals surface area contributed by atoms with E-state index >= 15 is 0 Å². The summed E-state index contributed by atoms with van der Waals surface area (Å²) in [7, 11) is 0. The number of phenols is 2. The predicted molar refractivity (Wildman–Crippen MR) is 86.4 cm³/mol. The van der Waals surface area contributed by atoms with Crippen LogP contribution in [0.2, 0.25) is 0 Å². The molecule has 0 unspecified atom stereocenters. The van der Waals surface area contributed by atoms with Gasteiger partial charge in [0.15, 0.2) is 11.5 Å². The fourth-order valence-corrected chi connectivity index (χ4v) is 2.98. The first-order valence-corrected chi connectivity index (χ1v) is 7.91. The zero-order chi connectivity index (χ0) is 16.4. The van der Waals surface area contributed by atoms with Gasteiger partial charge in [-0.05, 0) is 18.9 Å². The first-order valence-electron chi connectivity index (χ1n) is 7.91. The van der Waals surface area contributed by atoms with E-state index in [1.54, 1.807) is 12.1 Å². The second-order valence-corrected chi connectivity index (χ2v) is 5.93. The van der Waals surface area contributed by atoms with Crippen LogP contribution in [0.5, 0.6) is 11.5 Å². The smallest absolute Gasteiger partial charge is 0.254 e. The minimum Gasteiger partial charge on any atom is -0.504 e. The highest BCUT2D eigenvalue weighted by atomic mass is 16.3. The highest BCUT2D eigenvalue weighted by Crippen LogP contribution is 2.30. The van der Waals surface area contributed by atoms with Gasteiger partial charge in [0.25, 0.3) is 5.56 Å². The molecule has 0 bridgehead atoms. The summed E-state index contributed by atoms with van der Waals surface area (Å²) in [5, 5.41) is 19.5. The lowest BCUT2D eigenvalue weighted by Gasteiger charge is -2.28. The van der Waals surface area contributed by atoms with Gasteiger partial charge in [0.1, 0.15) is 5.82 Å². The van der Waals surface area contributed by atoms with Gasteiger partial charge in [-0.1, -0.05) is 19.1 Å². The number of H-pyrrole nitrogens is 1. The molecule has 122 valence electrons. The van der Waals surface area contributed by atoms with Crippen LogP contribution < -0.4 is 5.56 Å². The van der Waals surface area contributed by atoms with Gasteiger partial charge in [-0.15, -0.1) is 0 Å². The van der Waals surface area contributed by atoms with Crippen LogP contribution in [0.15, 0.2) is 23.0 Å². The zero-order valence-corrected chi connectivity index (χ0v) is 13.2. The Morgan fingerprint density at radius 3 is 2.96 bits per heavy atom. The molecule has 0 aliphatic carbocycles. The zero-order valence-electron chi connectivity index (χ0n) is 13.2. The Labute approximate surface area is 134 Å². The fourth-order valence-electron chi connectivity index (χ4n) is 2.98. The Morgan fingerprint density at radius 2 is 2.17 bits per heavy atom. The van der Waals surface area contributed by atoms with E-state index in [4.69, 9.17) is 0 Å². The average Bonchev–Trinajstić information content (AvgIpc) is 2.52. The predicted octanol–water partition coefficient (Wildman–Crippen LogP) is 1.69. The number of fused-ring (bicyclic) bond motifs is 1. The lowest BCUT2D eigenvalue weighted by Crippen LogP contribution is -2.35. The summed E-state index contributed by atoms with van der Waals surface area (Å²) in [4.78, 5) is 21.7. The Kier molecular flexibility index (Phi) is 4.34. The third-order valence-electron chi connectivity index (χ3n) is 4.18. The van der Waals surface area contributed by atoms with Crippen molar-refractivity contribution in [1.29, 1.82) is 0 Å². The van der Waals surface area contributed by atoms with E-state index in [1.807, 2.05) is 0 Å². The topological polar surface area (TPSA) is 89.5 Å². The van der Waals surface area contributed by atoms with Crippen molar-refractivity contribution in [2.75, 3.05) is 6.54 Å². The molecule has 0 amide bonds. The van der Waals surface area contributed by atoms with Gasteiger partial charge in [0.05, 0.1) is 5.69 Å². The molecular weight excluding hydrogens is 294 g/mol. The van der Waals surface area contributed by atoms with E-state index in [9.17, 15) is 15.0 Å². The van der Waals surface area contributed by atoms with Crippen LogP contribution in [0.4, 0.5) is 0 Å². The van der Waals surface area contributed by atoms with Crippen molar-refractivity contribution in [3.05, 3.63) is 51.2 Å². The average molecular weight is 315 g/mol. The Bertz CT molecular complexity index is 770. The van der Waals surface area contributed by atoms with Crippen molar-refractivity contribution >= 4 is 0 Å². The molecule has 2 aromatic rings. The molecule has 6 heteroatoms. The Balaban J connectivity index is 1.82. The molecule has 1 aromatic heterocycles. The summed E-state index contributed by atoms with van der Waals surface area (Å²) in [6.07, 6.45) is 2.34. The van der Waals surface area contributed by atoms with Crippen molar-refractivity contribution < 1.29 is 10.2 Å². The molecule has 23 heavy (non-hydrogen) atoms. The lowest BCUT2D eigenvalue weighted by atomic mass is 10.0. The minimum absolute atomic E-state index is 0.0293. The highest BCUT2D eigenvalue weighted by Gasteiger charge is 2.22. The fraction of sp³-hybridized carbons (Fsp3) is 0.412. The number of nitrogens with one attached hydrogen (secondary N) is 1. The first-order chi connectivity index (χ1) is 11.1. The van der Waals surface area contributed by atoms with Gasteiger partial charge in [-0.3, -0.25) is 9.69 Å². The van der Waals surface area contributed by atoms with Crippen LogP contribution in [-0.2, 0) is 25.9 Å². The third-order valence-corrected chi connectivity index (χ3v) is 4.18. The summed E-state index contributed by atoms with van der Waals surface area (Å²) in [5.41, 5.74) is 2.23. The number of benzene rings is 1. The molecule has 1 aliphatic rings. The maximum atomic E-state index is 12.1. The van der Waals surface area contributed by atoms with Gasteiger partial charge in [0, 0.05) is 37.2 Å². The van der Waals surface area contributed by atoms with Crippen LogP contribution in [0.1, 0.15) is 36.0 Å². The SMILES string of the molecule is CCCc1nc2c(c(=O)[nH]1)CCN(Cc1cccc(O)c1O)C2. The minimum atomic E-state index is -0.111. The van der Waals surface area contributed by atoms with Gasteiger partial charge < -0.3 is 15.2 Å². The largest absolute Gasteiger partial charge is 0.504 e. The first kappa shape index (κ1) is 15.6. The molecule has 1 aromatic carbocycles. The van der Waals surface area contributed by atoms with E-state index in [2.05, 4.69) is 21.8 Å². The summed E-state index contributed by atoms with van der Waals surface area (Å²) < 4.78 is 0. The van der Waals surface area contributed by atoms with Crippen molar-refractivity contribution in [3.8, 4) is 11.5 Å². The summed E-state index contributed by atoms with van der Waals surface area (Å²) in [6, 6.07) is 4.96. The standard InChI is InChI=1S/C17H21N3O3/c1-2-4-15-18-13-10-20(8-7-12(13)17(23)19-15)9-11-5-3-6-14(21)16(11)22/h3,5-6,21-22H,2,4,7-10H2,1H3,(H,18,19,23). The summed E-state index contributed by atoms with van der Waals surface area (Å²) in [6.45, 7) is 3.86. The molecule has 0 saturated heterocycles. The molecule has 3 N–H and O–H groups in total. The van der Waals surface area contributed by atoms with Crippen molar-refractivity contribution in [3.63, 3.8) is 0 Å². The van der Waals surface area contributed by atoms with Gasteiger partial charge in [-0.25, -0.2) is 4.98 Å². The van der Waals surface area contributed by atoms with Crippen molar-refractivity contribution in [2.45, 2.75) is 39.3 Å². The van der Waals surface area contributed by atoms with Gasteiger partial charge >= 0.3 is 0 Å². The highest BCUT2D eigenvalue weighted by molar-refractivity contribution is 5.44. The van der Waals surface area contributed by atoms with Gasteiger partial charge in [-0.2, -0.15) is 0 Å². The number of nitrogens with zero attached hydrogens (tertiary/aromatic N) is 2. The van der Waals surface area contributed by atoms with E-state index < -0.39 is 0 Å². The maximum absolute atomic E-state index is 12.1. The number of hydrogen-bond acceptors (Lipinski definition) is 5. The number of aromatic nitrogens is 2. The molecule has 0 saturated carbocycles. The van der Waals surface area contributed by atoms with Crippen LogP contribution >= 0.6 is 0 Å². The molecule has 0 fully saturated rings. The summed E-state index contributed by atoms with van der Waals surface area (Å²) >= 11 is 0. The van der Waals surface area contributed by atoms with Crippen LogP contribution in [0.3, 0.4) is 0 Å². The lowest BCUT2D eigenvalue weighted by molar-refractivity contribution is 0.236. The number of aromatic hydroxyl groups is 2. The molecule has 0 spiro atoms. The molecular formula is C17H21N3O3. The molecule has 0 radical (unpaired) electrons. The van der Waals surface area contributed by atoms with Gasteiger partial charge in [0.2, 0.25) is 0 Å². The number of aryl methyl sites for hydroxylation is 1. The number of phenolic OH excluding ortho intramolecular Hbond substituents is 2. The second kappa shape index (κ2) is 6.42. The number of hydrogen-bond donors (Lipinski definition) is 3. The number of rotatable bonds is 4. The monoisotopic (exact) mass is 315 g/mol. The Hall–Kier alpha value is -2.34. The van der Waals surface area contributed by atoms with E-state index in [0.29, 0.717) is 25.1 Å². The molecule has 6 nitrogen and oxygen atoms in total. The van der Waals surface area contributed by atoms with Crippen LogP contribution in [-0.4, -0.2) is 31.6 Å². The normalized spacial score (nSPS) is 14.7. The van der Waals surface area contributed by atoms with E-state index in [-0.39, 0.29) is 17.1 Å². The Morgan fingerprint density at radius 1 is 1.35 bits per heavy atom. The van der Waals surface area contributed by atoms with E-state index in [1.165, 1.54) is 6.07 Å². The molecule has 2 heterocycles. The molecule has 0 atom stereocenters. The second-order valence-electron chi connectivity index (χ2n) is 5.93. The van der Waals surface area contributed by atoms with Crippen molar-refractivity contribution in [1.82, 2.24) is 14.9 Å². The van der Waals surface area contributed by atoms with E-state index in [0.717, 1.165) is 36.5 Å². The number of aromatic amines is 1. The molecule has 3 rings (SSSR count). The van der Waals surface area contributed by atoms with Crippen molar-refractivity contribution in [2.24, 2.45) is 0 Å². The van der Waals surface area contributed by atoms with Crippen LogP contribution in [0, 0.1) is 0 Å². The third kappa shape index (κ3) is 3.22. The van der Waals surface area contributed by atoms with Crippen LogP contribution in [0.25, 0.3) is 0 Å².